The fraction of sp³-hybridized carbons (Fsp3) is 0.500. The molecule has 1 fully saturated rings. The van der Waals surface area contributed by atoms with E-state index in [1.807, 2.05) is 0 Å². The lowest BCUT2D eigenvalue weighted by Crippen LogP contribution is -2.49. The first-order valence-corrected chi connectivity index (χ1v) is 7.58. The number of hydrogen-bond acceptors (Lipinski definition) is 3. The third-order valence-electron chi connectivity index (χ3n) is 3.17. The highest BCUT2D eigenvalue weighted by Gasteiger charge is 2.47. The summed E-state index contributed by atoms with van der Waals surface area (Å²) >= 11 is 6.27. The molecule has 0 radical (unpaired) electrons. The summed E-state index contributed by atoms with van der Waals surface area (Å²) in [5.74, 6) is -0.368. The summed E-state index contributed by atoms with van der Waals surface area (Å²) in [5, 5.41) is 13.0. The Morgan fingerprint density at radius 3 is 2.30 bits per heavy atom. The molecule has 1 heterocycles. The highest BCUT2D eigenvalue weighted by Crippen LogP contribution is 2.45. The molecule has 1 aliphatic heterocycles. The van der Waals surface area contributed by atoms with Crippen LogP contribution in [0.1, 0.15) is 11.6 Å². The molecular formula is C12H13Br2F3N2O. The number of nitrogens with one attached hydrogen (secondary N) is 1. The van der Waals surface area contributed by atoms with Crippen LogP contribution in [-0.4, -0.2) is 42.4 Å². The Labute approximate surface area is 131 Å². The van der Waals surface area contributed by atoms with E-state index >= 15 is 0 Å². The second-order valence-electron chi connectivity index (χ2n) is 4.55. The lowest BCUT2D eigenvalue weighted by atomic mass is 10.0. The molecule has 0 unspecified atom stereocenters. The predicted molar refractivity (Wildman–Crippen MR) is 76.7 cm³/mol. The van der Waals surface area contributed by atoms with Crippen LogP contribution in [0.3, 0.4) is 0 Å². The minimum absolute atomic E-state index is 0.136. The Hall–Kier alpha value is -0.310. The molecule has 1 saturated heterocycles. The minimum Gasteiger partial charge on any atom is -0.508 e. The van der Waals surface area contributed by atoms with Crippen LogP contribution in [0.4, 0.5) is 13.2 Å². The van der Waals surface area contributed by atoms with Gasteiger partial charge in [0.15, 0.2) is 0 Å². The predicted octanol–water partition coefficient (Wildman–Crippen LogP) is 3.43. The molecule has 112 valence electrons. The van der Waals surface area contributed by atoms with Gasteiger partial charge in [-0.15, -0.1) is 0 Å². The molecule has 0 aliphatic carbocycles. The number of halogens is 5. The molecule has 3 nitrogen and oxygen atoms in total. The van der Waals surface area contributed by atoms with Crippen LogP contribution in [0.25, 0.3) is 0 Å². The maximum Gasteiger partial charge on any atom is 0.408 e. The van der Waals surface area contributed by atoms with Crippen LogP contribution in [0.15, 0.2) is 21.1 Å². The number of phenolic OH excluding ortho intramolecular Hbond substituents is 1. The third kappa shape index (κ3) is 3.47. The molecule has 0 spiro atoms. The quantitative estimate of drug-likeness (QED) is 0.773. The zero-order valence-electron chi connectivity index (χ0n) is 10.3. The Bertz CT molecular complexity index is 467. The average molecular weight is 418 g/mol. The number of nitrogens with zero attached hydrogens (tertiary/aromatic N) is 1. The van der Waals surface area contributed by atoms with Gasteiger partial charge in [0.05, 0.1) is 0 Å². The molecule has 1 aliphatic rings. The molecule has 8 heteroatoms. The van der Waals surface area contributed by atoms with E-state index in [1.54, 1.807) is 0 Å². The summed E-state index contributed by atoms with van der Waals surface area (Å²) in [6, 6.07) is 0.976. The topological polar surface area (TPSA) is 35.5 Å². The van der Waals surface area contributed by atoms with Gasteiger partial charge < -0.3 is 10.4 Å². The lowest BCUT2D eigenvalue weighted by Gasteiger charge is -2.36. The standard InChI is InChI=1S/C12H13Br2F3N2O/c13-7-5-8(14)10(9(20)6-7)11(12(15,16)17)19-3-1-18-2-4-19/h5-6,11,18,20H,1-4H2/t11-/m0/s1. The fourth-order valence-corrected chi connectivity index (χ4v) is 3.75. The van der Waals surface area contributed by atoms with E-state index in [1.165, 1.54) is 17.0 Å². The highest BCUT2D eigenvalue weighted by molar-refractivity contribution is 9.11. The number of piperazine rings is 1. The molecule has 0 bridgehead atoms. The average Bonchev–Trinajstić information content (AvgIpc) is 2.33. The van der Waals surface area contributed by atoms with Crippen molar-refractivity contribution in [3.8, 4) is 5.75 Å². The van der Waals surface area contributed by atoms with Crippen molar-refractivity contribution >= 4 is 31.9 Å². The lowest BCUT2D eigenvalue weighted by molar-refractivity contribution is -0.188. The molecule has 1 aromatic rings. The smallest absolute Gasteiger partial charge is 0.408 e. The molecular weight excluding hydrogens is 405 g/mol. The van der Waals surface area contributed by atoms with Gasteiger partial charge >= 0.3 is 6.18 Å². The molecule has 2 N–H and O–H groups in total. The van der Waals surface area contributed by atoms with E-state index in [-0.39, 0.29) is 28.9 Å². The number of hydrogen-bond donors (Lipinski definition) is 2. The number of benzene rings is 1. The van der Waals surface area contributed by atoms with Crippen LogP contribution in [-0.2, 0) is 0 Å². The number of phenols is 1. The number of aromatic hydroxyl groups is 1. The zero-order chi connectivity index (χ0) is 14.9. The van der Waals surface area contributed by atoms with E-state index in [4.69, 9.17) is 0 Å². The third-order valence-corrected chi connectivity index (χ3v) is 4.29. The van der Waals surface area contributed by atoms with Crippen molar-refractivity contribution in [2.75, 3.05) is 26.2 Å². The van der Waals surface area contributed by atoms with E-state index in [0.29, 0.717) is 17.6 Å². The maximum atomic E-state index is 13.4. The van der Waals surface area contributed by atoms with Crippen molar-refractivity contribution in [1.82, 2.24) is 10.2 Å². The Morgan fingerprint density at radius 2 is 1.80 bits per heavy atom. The second kappa shape index (κ2) is 6.21. The van der Waals surface area contributed by atoms with E-state index < -0.39 is 12.2 Å². The normalized spacial score (nSPS) is 19.1. The molecule has 20 heavy (non-hydrogen) atoms. The molecule has 2 rings (SSSR count). The van der Waals surface area contributed by atoms with Crippen LogP contribution >= 0.6 is 31.9 Å². The first-order valence-electron chi connectivity index (χ1n) is 6.00. The molecule has 1 aromatic carbocycles. The molecule has 0 amide bonds. The maximum absolute atomic E-state index is 13.4. The summed E-state index contributed by atoms with van der Waals surface area (Å²) < 4.78 is 41.1. The van der Waals surface area contributed by atoms with Crippen LogP contribution in [0, 0.1) is 0 Å². The van der Waals surface area contributed by atoms with Gasteiger partial charge in [-0.2, -0.15) is 13.2 Å². The largest absolute Gasteiger partial charge is 0.508 e. The number of alkyl halides is 3. The van der Waals surface area contributed by atoms with Crippen LogP contribution in [0.2, 0.25) is 0 Å². The van der Waals surface area contributed by atoms with Crippen molar-refractivity contribution in [3.05, 3.63) is 26.6 Å². The van der Waals surface area contributed by atoms with Crippen LogP contribution < -0.4 is 5.32 Å². The molecule has 1 atom stereocenters. The Balaban J connectivity index is 2.46. The van der Waals surface area contributed by atoms with Crippen molar-refractivity contribution in [2.24, 2.45) is 0 Å². The second-order valence-corrected chi connectivity index (χ2v) is 6.32. The van der Waals surface area contributed by atoms with E-state index in [0.717, 1.165) is 0 Å². The van der Waals surface area contributed by atoms with Gasteiger partial charge in [0, 0.05) is 40.7 Å². The monoisotopic (exact) mass is 416 g/mol. The number of rotatable bonds is 2. The molecule has 0 saturated carbocycles. The first-order chi connectivity index (χ1) is 9.30. The van der Waals surface area contributed by atoms with E-state index in [9.17, 15) is 18.3 Å². The van der Waals surface area contributed by atoms with Gasteiger partial charge in [-0.3, -0.25) is 4.90 Å². The summed E-state index contributed by atoms with van der Waals surface area (Å²) in [6.45, 7) is 1.57. The van der Waals surface area contributed by atoms with Gasteiger partial charge in [-0.1, -0.05) is 31.9 Å². The summed E-state index contributed by atoms with van der Waals surface area (Å²) in [6.07, 6.45) is -4.45. The SMILES string of the molecule is Oc1cc(Br)cc(Br)c1[C@H](N1CCNCC1)C(F)(F)F. The van der Waals surface area contributed by atoms with Gasteiger partial charge in [-0.05, 0) is 12.1 Å². The van der Waals surface area contributed by atoms with Gasteiger partial charge in [0.2, 0.25) is 0 Å². The Kier molecular flexibility index (Phi) is 4.99. The van der Waals surface area contributed by atoms with Crippen molar-refractivity contribution in [3.63, 3.8) is 0 Å². The van der Waals surface area contributed by atoms with Crippen LogP contribution in [0.5, 0.6) is 5.75 Å². The Morgan fingerprint density at radius 1 is 1.20 bits per heavy atom. The van der Waals surface area contributed by atoms with Crippen molar-refractivity contribution < 1.29 is 18.3 Å². The fourth-order valence-electron chi connectivity index (χ4n) is 2.34. The minimum atomic E-state index is -4.45. The van der Waals surface area contributed by atoms with Gasteiger partial charge in [0.25, 0.3) is 0 Å². The molecule has 0 aromatic heterocycles. The van der Waals surface area contributed by atoms with Crippen molar-refractivity contribution in [1.29, 1.82) is 0 Å². The van der Waals surface area contributed by atoms with E-state index in [2.05, 4.69) is 37.2 Å². The van der Waals surface area contributed by atoms with Crippen molar-refractivity contribution in [2.45, 2.75) is 12.2 Å². The van der Waals surface area contributed by atoms with Gasteiger partial charge in [0.1, 0.15) is 11.8 Å². The first kappa shape index (κ1) is 16.1. The zero-order valence-corrected chi connectivity index (χ0v) is 13.5. The van der Waals surface area contributed by atoms with Gasteiger partial charge in [-0.25, -0.2) is 0 Å². The highest BCUT2D eigenvalue weighted by atomic mass is 79.9. The summed E-state index contributed by atoms with van der Waals surface area (Å²) in [7, 11) is 0. The summed E-state index contributed by atoms with van der Waals surface area (Å²) in [5.41, 5.74) is -0.136. The summed E-state index contributed by atoms with van der Waals surface area (Å²) in [4.78, 5) is 1.34.